The number of ether oxygens (including phenoxy) is 1. The topological polar surface area (TPSA) is 107 Å². The third-order valence-corrected chi connectivity index (χ3v) is 7.16. The van der Waals surface area contributed by atoms with Crippen LogP contribution in [0.1, 0.15) is 41.3 Å². The summed E-state index contributed by atoms with van der Waals surface area (Å²) in [5.74, 6) is 0.173. The van der Waals surface area contributed by atoms with Gasteiger partial charge >= 0.3 is 0 Å². The highest BCUT2D eigenvalue weighted by atomic mass is 35.5. The van der Waals surface area contributed by atoms with Crippen molar-refractivity contribution in [2.24, 2.45) is 5.92 Å². The van der Waals surface area contributed by atoms with E-state index in [9.17, 15) is 15.0 Å². The third kappa shape index (κ3) is 4.18. The van der Waals surface area contributed by atoms with Gasteiger partial charge in [0.1, 0.15) is 11.8 Å². The maximum absolute atomic E-state index is 13.7. The molecule has 0 aliphatic carbocycles. The van der Waals surface area contributed by atoms with Gasteiger partial charge in [-0.1, -0.05) is 23.7 Å². The van der Waals surface area contributed by atoms with Crippen LogP contribution in [-0.2, 0) is 11.3 Å². The van der Waals surface area contributed by atoms with E-state index in [1.165, 1.54) is 0 Å². The number of aryl methyl sites for hydroxylation is 1. The summed E-state index contributed by atoms with van der Waals surface area (Å²) in [5.41, 5.74) is 9.49. The van der Waals surface area contributed by atoms with Crippen molar-refractivity contribution >= 4 is 17.5 Å². The zero-order valence-electron chi connectivity index (χ0n) is 19.4. The number of nitrogens with one attached hydrogen (secondary N) is 2. The van der Waals surface area contributed by atoms with E-state index in [2.05, 4.69) is 15.8 Å². The van der Waals surface area contributed by atoms with Gasteiger partial charge in [0.05, 0.1) is 18.7 Å². The molecule has 5 rings (SSSR count). The Morgan fingerprint density at radius 1 is 1.11 bits per heavy atom. The van der Waals surface area contributed by atoms with E-state index >= 15 is 0 Å². The number of carbonyl (C=O) groups excluding carboxylic acids is 1. The molecule has 0 bridgehead atoms. The van der Waals surface area contributed by atoms with Crippen LogP contribution in [0.25, 0.3) is 0 Å². The molecular formula is C26H27ClN4O4. The van der Waals surface area contributed by atoms with E-state index in [1.807, 2.05) is 36.9 Å². The van der Waals surface area contributed by atoms with Crippen LogP contribution >= 0.6 is 11.6 Å². The third-order valence-electron chi connectivity index (χ3n) is 6.76. The highest BCUT2D eigenvalue weighted by Gasteiger charge is 2.56. The molecular weight excluding hydrogens is 468 g/mol. The number of aromatic hydroxyl groups is 2. The molecule has 2 aromatic carbocycles. The van der Waals surface area contributed by atoms with E-state index in [0.29, 0.717) is 29.5 Å². The highest BCUT2D eigenvalue weighted by Crippen LogP contribution is 2.50. The quantitative estimate of drug-likeness (QED) is 0.413. The fourth-order valence-electron chi connectivity index (χ4n) is 5.15. The molecule has 2 aliphatic heterocycles. The number of nitrogens with zero attached hydrogens (tertiary/aromatic N) is 2. The normalized spacial score (nSPS) is 23.5. The molecule has 8 nitrogen and oxygen atoms in total. The standard InChI is InChI=1S/C26H27ClN4O4/c1-3-35-21-10-16(6-7-19(21)32)25-22-23(17-11-18(27)14(2)9-20(17)33)29-30-24(22)26(34)31(25)13-15-5-4-8-28-12-15/h4-12,22-25,29-30,32-33H,3,13H2,1-2H3. The Kier molecular flexibility index (Phi) is 6.27. The van der Waals surface area contributed by atoms with Crippen molar-refractivity contribution in [3.8, 4) is 17.2 Å². The van der Waals surface area contributed by atoms with E-state index in [0.717, 1.165) is 16.7 Å². The van der Waals surface area contributed by atoms with Gasteiger partial charge < -0.3 is 19.8 Å². The molecule has 1 aromatic heterocycles. The molecule has 1 amide bonds. The van der Waals surface area contributed by atoms with Crippen molar-refractivity contribution in [3.05, 3.63) is 82.1 Å². The number of halogens is 1. The van der Waals surface area contributed by atoms with Crippen LogP contribution < -0.4 is 15.6 Å². The number of hydrazine groups is 1. The first-order valence-corrected chi connectivity index (χ1v) is 11.9. The van der Waals surface area contributed by atoms with Crippen molar-refractivity contribution in [2.45, 2.75) is 38.5 Å². The molecule has 2 aliphatic rings. The molecule has 9 heteroatoms. The number of carbonyl (C=O) groups is 1. The van der Waals surface area contributed by atoms with Crippen LogP contribution in [0.15, 0.2) is 54.9 Å². The zero-order chi connectivity index (χ0) is 24.7. The van der Waals surface area contributed by atoms with Gasteiger partial charge in [0, 0.05) is 35.4 Å². The van der Waals surface area contributed by atoms with E-state index in [4.69, 9.17) is 16.3 Å². The summed E-state index contributed by atoms with van der Waals surface area (Å²) in [7, 11) is 0. The second kappa shape index (κ2) is 9.37. The van der Waals surface area contributed by atoms with Crippen LogP contribution in [0.2, 0.25) is 5.02 Å². The minimum Gasteiger partial charge on any atom is -0.508 e. The summed E-state index contributed by atoms with van der Waals surface area (Å²) in [6, 6.07) is 11.1. The SMILES string of the molecule is CCOc1cc(C2C3C(NNC3c3cc(Cl)c(C)cc3O)C(=O)N2Cc2cccnc2)ccc1O. The van der Waals surface area contributed by atoms with Crippen molar-refractivity contribution in [1.82, 2.24) is 20.7 Å². The number of fused-ring (bicyclic) bond motifs is 1. The van der Waals surface area contributed by atoms with Crippen molar-refractivity contribution in [2.75, 3.05) is 6.61 Å². The number of pyridine rings is 1. The van der Waals surface area contributed by atoms with Gasteiger partial charge in [-0.15, -0.1) is 0 Å². The minimum absolute atomic E-state index is 0.0393. The summed E-state index contributed by atoms with van der Waals surface area (Å²) in [6.07, 6.45) is 3.44. The Bertz CT molecular complexity index is 1260. The largest absolute Gasteiger partial charge is 0.508 e. The Labute approximate surface area is 208 Å². The predicted molar refractivity (Wildman–Crippen MR) is 131 cm³/mol. The fourth-order valence-corrected chi connectivity index (χ4v) is 5.32. The van der Waals surface area contributed by atoms with E-state index < -0.39 is 12.1 Å². The van der Waals surface area contributed by atoms with Gasteiger partial charge in [0.25, 0.3) is 0 Å². The van der Waals surface area contributed by atoms with Crippen LogP contribution in [0, 0.1) is 12.8 Å². The maximum atomic E-state index is 13.7. The Balaban J connectivity index is 1.61. The average molecular weight is 495 g/mol. The van der Waals surface area contributed by atoms with Crippen molar-refractivity contribution < 1.29 is 19.7 Å². The molecule has 0 spiro atoms. The molecule has 182 valence electrons. The van der Waals surface area contributed by atoms with Gasteiger partial charge in [-0.3, -0.25) is 9.78 Å². The zero-order valence-corrected chi connectivity index (χ0v) is 20.2. The number of rotatable bonds is 6. The summed E-state index contributed by atoms with van der Waals surface area (Å²) < 4.78 is 5.64. The molecule has 3 aromatic rings. The fraction of sp³-hybridized carbons (Fsp3) is 0.308. The summed E-state index contributed by atoms with van der Waals surface area (Å²) >= 11 is 6.41. The number of amides is 1. The van der Waals surface area contributed by atoms with Gasteiger partial charge in [-0.25, -0.2) is 10.9 Å². The molecule has 0 saturated carbocycles. The number of hydrogen-bond acceptors (Lipinski definition) is 7. The van der Waals surface area contributed by atoms with Crippen LogP contribution in [0.4, 0.5) is 0 Å². The van der Waals surface area contributed by atoms with E-state index in [1.54, 1.807) is 36.7 Å². The van der Waals surface area contributed by atoms with Crippen LogP contribution in [0.3, 0.4) is 0 Å². The molecule has 0 radical (unpaired) electrons. The lowest BCUT2D eigenvalue weighted by Gasteiger charge is -2.32. The van der Waals surface area contributed by atoms with Gasteiger partial charge in [0.2, 0.25) is 5.91 Å². The second-order valence-electron chi connectivity index (χ2n) is 8.91. The number of benzene rings is 2. The average Bonchev–Trinajstić information content (AvgIpc) is 3.38. The summed E-state index contributed by atoms with van der Waals surface area (Å²) in [6.45, 7) is 4.44. The number of likely N-dealkylation sites (tertiary alicyclic amines) is 1. The Hall–Kier alpha value is -3.33. The monoisotopic (exact) mass is 494 g/mol. The Morgan fingerprint density at radius 2 is 1.91 bits per heavy atom. The molecule has 35 heavy (non-hydrogen) atoms. The maximum Gasteiger partial charge on any atom is 0.242 e. The summed E-state index contributed by atoms with van der Waals surface area (Å²) in [5, 5.41) is 21.6. The molecule has 4 atom stereocenters. The first kappa shape index (κ1) is 23.4. The lowest BCUT2D eigenvalue weighted by molar-refractivity contribution is -0.131. The lowest BCUT2D eigenvalue weighted by atomic mass is 9.83. The predicted octanol–water partition coefficient (Wildman–Crippen LogP) is 3.77. The number of phenolic OH excluding ortho intramolecular Hbond substituents is 2. The van der Waals surface area contributed by atoms with Crippen LogP contribution in [-0.4, -0.2) is 38.7 Å². The molecule has 2 saturated heterocycles. The first-order chi connectivity index (χ1) is 16.9. The highest BCUT2D eigenvalue weighted by molar-refractivity contribution is 6.31. The van der Waals surface area contributed by atoms with Crippen LogP contribution in [0.5, 0.6) is 17.2 Å². The van der Waals surface area contributed by atoms with Crippen molar-refractivity contribution in [3.63, 3.8) is 0 Å². The second-order valence-corrected chi connectivity index (χ2v) is 9.32. The number of hydrogen-bond donors (Lipinski definition) is 4. The first-order valence-electron chi connectivity index (χ1n) is 11.5. The van der Waals surface area contributed by atoms with Crippen molar-refractivity contribution in [1.29, 1.82) is 0 Å². The lowest BCUT2D eigenvalue weighted by Crippen LogP contribution is -2.41. The van der Waals surface area contributed by atoms with Gasteiger partial charge in [0.15, 0.2) is 11.5 Å². The number of phenols is 2. The molecule has 3 heterocycles. The molecule has 2 fully saturated rings. The van der Waals surface area contributed by atoms with E-state index in [-0.39, 0.29) is 29.4 Å². The molecule has 4 N–H and O–H groups in total. The summed E-state index contributed by atoms with van der Waals surface area (Å²) in [4.78, 5) is 19.7. The minimum atomic E-state index is -0.523. The molecule has 4 unspecified atom stereocenters. The van der Waals surface area contributed by atoms with Gasteiger partial charge in [-0.2, -0.15) is 0 Å². The smallest absolute Gasteiger partial charge is 0.242 e. The van der Waals surface area contributed by atoms with Gasteiger partial charge in [-0.05, 0) is 60.9 Å². The Morgan fingerprint density at radius 3 is 2.66 bits per heavy atom. The number of aromatic nitrogens is 1.